The third kappa shape index (κ3) is 5.67. The highest BCUT2D eigenvalue weighted by Crippen LogP contribution is 2.45. The molecule has 0 radical (unpaired) electrons. The molecule has 36 heavy (non-hydrogen) atoms. The average Bonchev–Trinajstić information content (AvgIpc) is 3.55. The number of thiazole rings is 1. The molecule has 8 heteroatoms. The number of rotatable bonds is 8. The normalized spacial score (nSPS) is 18.2. The first kappa shape index (κ1) is 25.0. The number of para-hydroxylation sites is 2. The molecule has 5 rings (SSSR count). The van der Waals surface area contributed by atoms with Crippen LogP contribution in [-0.2, 0) is 16.7 Å². The van der Waals surface area contributed by atoms with Gasteiger partial charge in [-0.25, -0.2) is 0 Å². The predicted octanol–water partition coefficient (Wildman–Crippen LogP) is 6.60. The highest BCUT2D eigenvalue weighted by molar-refractivity contribution is 8.03. The molecule has 1 aliphatic heterocycles. The van der Waals surface area contributed by atoms with Gasteiger partial charge < -0.3 is 4.90 Å². The first-order chi connectivity index (χ1) is 17.4. The van der Waals surface area contributed by atoms with Crippen LogP contribution in [0, 0.1) is 0 Å². The van der Waals surface area contributed by atoms with Gasteiger partial charge in [0.25, 0.3) is 15.1 Å². The number of benzene rings is 2. The van der Waals surface area contributed by atoms with Crippen LogP contribution in [0.5, 0.6) is 0 Å². The molecule has 186 valence electrons. The van der Waals surface area contributed by atoms with Crippen molar-refractivity contribution >= 4 is 55.2 Å². The summed E-state index contributed by atoms with van der Waals surface area (Å²) < 4.78 is 34.8. The average molecular weight is 538 g/mol. The van der Waals surface area contributed by atoms with E-state index in [0.717, 1.165) is 34.6 Å². The van der Waals surface area contributed by atoms with Crippen molar-refractivity contribution in [1.82, 2.24) is 0 Å². The Bertz CT molecular complexity index is 1510. The van der Waals surface area contributed by atoms with Crippen molar-refractivity contribution in [1.29, 1.82) is 0 Å². The van der Waals surface area contributed by atoms with Gasteiger partial charge in [0.2, 0.25) is 5.52 Å². The maximum Gasteiger partial charge on any atom is 0.265 e. The van der Waals surface area contributed by atoms with Crippen molar-refractivity contribution in [3.63, 3.8) is 0 Å². The summed E-state index contributed by atoms with van der Waals surface area (Å²) in [5.41, 5.74) is 4.98. The number of aryl methyl sites for hydroxylation is 1. The lowest BCUT2D eigenvalue weighted by Gasteiger charge is -2.17. The number of hydrogen-bond donors (Lipinski definition) is 1. The molecule has 0 amide bonds. The van der Waals surface area contributed by atoms with E-state index in [0.29, 0.717) is 13.0 Å². The van der Waals surface area contributed by atoms with Gasteiger partial charge in [-0.05, 0) is 55.2 Å². The van der Waals surface area contributed by atoms with Gasteiger partial charge in [0.1, 0.15) is 4.70 Å². The van der Waals surface area contributed by atoms with E-state index in [4.69, 9.17) is 4.55 Å². The third-order valence-corrected chi connectivity index (χ3v) is 9.39. The van der Waals surface area contributed by atoms with Gasteiger partial charge >= 0.3 is 0 Å². The molecule has 1 aromatic heterocycles. The fourth-order valence-electron chi connectivity index (χ4n) is 4.61. The summed E-state index contributed by atoms with van der Waals surface area (Å²) in [5, 5.41) is 2.34. The van der Waals surface area contributed by atoms with E-state index < -0.39 is 10.1 Å². The maximum absolute atomic E-state index is 11.2. The van der Waals surface area contributed by atoms with Crippen LogP contribution in [0.4, 0.5) is 5.69 Å². The Kier molecular flexibility index (Phi) is 7.48. The molecule has 0 saturated heterocycles. The molecular weight excluding hydrogens is 509 g/mol. The molecule has 5 nitrogen and oxygen atoms in total. The largest absolute Gasteiger partial charge is 0.335 e. The molecule has 0 fully saturated rings. The fraction of sp³-hybridized carbons (Fsp3) is 0.250. The molecule has 1 aliphatic carbocycles. The van der Waals surface area contributed by atoms with Crippen molar-refractivity contribution in [2.24, 2.45) is 0 Å². The SMILES string of the molecule is CCN1C(=CC=C2C=C(C=Cc3sc4ccccc4[n+]3CCCS(=O)(=O)O)CC2)Sc2ccccc21. The smallest absolute Gasteiger partial charge is 0.265 e. The van der Waals surface area contributed by atoms with Crippen LogP contribution in [0.15, 0.2) is 93.9 Å². The molecule has 0 atom stereocenters. The van der Waals surface area contributed by atoms with Gasteiger partial charge in [-0.2, -0.15) is 13.0 Å². The predicted molar refractivity (Wildman–Crippen MR) is 151 cm³/mol. The minimum Gasteiger partial charge on any atom is -0.335 e. The Hall–Kier alpha value is -2.65. The zero-order valence-corrected chi connectivity index (χ0v) is 22.6. The van der Waals surface area contributed by atoms with Gasteiger partial charge in [-0.1, -0.05) is 65.6 Å². The first-order valence-corrected chi connectivity index (χ1v) is 15.4. The van der Waals surface area contributed by atoms with Crippen LogP contribution in [0.1, 0.15) is 31.2 Å². The summed E-state index contributed by atoms with van der Waals surface area (Å²) in [6, 6.07) is 16.7. The van der Waals surface area contributed by atoms with E-state index >= 15 is 0 Å². The van der Waals surface area contributed by atoms with Crippen molar-refractivity contribution in [2.75, 3.05) is 17.2 Å². The fourth-order valence-corrected chi connectivity index (χ4v) is 7.32. The second-order valence-electron chi connectivity index (χ2n) is 8.81. The summed E-state index contributed by atoms with van der Waals surface area (Å²) in [7, 11) is -3.96. The van der Waals surface area contributed by atoms with Gasteiger partial charge in [-0.15, -0.1) is 0 Å². The molecule has 3 aromatic rings. The Balaban J connectivity index is 1.33. The van der Waals surface area contributed by atoms with Crippen molar-refractivity contribution < 1.29 is 17.5 Å². The maximum atomic E-state index is 11.2. The number of anilines is 1. The standard InChI is InChI=1S/C28H28N2O3S3/c1-2-29-23-8-3-5-10-25(23)34-27(29)16-14-21-12-13-22(20-21)15-17-28-30(18-7-19-36(31,32)33)24-9-4-6-11-26(24)35-28/h3-6,8-11,14-17,20H,2,7,12-13,18-19H2,1H3/p+1. The van der Waals surface area contributed by atoms with Crippen LogP contribution in [-0.4, -0.2) is 25.3 Å². The van der Waals surface area contributed by atoms with Crippen molar-refractivity contribution in [3.05, 3.63) is 94.0 Å². The second kappa shape index (κ2) is 10.8. The summed E-state index contributed by atoms with van der Waals surface area (Å²) in [5.74, 6) is -0.235. The molecular formula is C28H29N2O3S3+. The Morgan fingerprint density at radius 3 is 2.69 bits per heavy atom. The minimum absolute atomic E-state index is 0.235. The van der Waals surface area contributed by atoms with E-state index in [1.807, 2.05) is 23.9 Å². The summed E-state index contributed by atoms with van der Waals surface area (Å²) in [6.07, 6.45) is 13.5. The first-order valence-electron chi connectivity index (χ1n) is 12.1. The number of thioether (sulfide) groups is 1. The molecule has 0 spiro atoms. The van der Waals surface area contributed by atoms with Gasteiger partial charge in [-0.3, -0.25) is 4.55 Å². The van der Waals surface area contributed by atoms with Crippen molar-refractivity contribution in [2.45, 2.75) is 37.6 Å². The molecule has 0 bridgehead atoms. The highest BCUT2D eigenvalue weighted by atomic mass is 32.2. The van der Waals surface area contributed by atoms with Crippen molar-refractivity contribution in [3.8, 4) is 0 Å². The Morgan fingerprint density at radius 1 is 1.06 bits per heavy atom. The molecule has 0 saturated carbocycles. The zero-order valence-electron chi connectivity index (χ0n) is 20.1. The van der Waals surface area contributed by atoms with E-state index in [2.05, 4.69) is 83.2 Å². The summed E-state index contributed by atoms with van der Waals surface area (Å²) >= 11 is 3.52. The zero-order chi connectivity index (χ0) is 25.1. The van der Waals surface area contributed by atoms with E-state index in [9.17, 15) is 8.42 Å². The van der Waals surface area contributed by atoms with Gasteiger partial charge in [0.15, 0.2) is 6.54 Å². The lowest BCUT2D eigenvalue weighted by atomic mass is 10.2. The molecule has 0 unspecified atom stereocenters. The summed E-state index contributed by atoms with van der Waals surface area (Å²) in [6.45, 7) is 3.67. The molecule has 1 N–H and O–H groups in total. The number of fused-ring (bicyclic) bond motifs is 2. The Morgan fingerprint density at radius 2 is 1.86 bits per heavy atom. The molecule has 2 aliphatic rings. The number of aromatic nitrogens is 1. The number of hydrogen-bond acceptors (Lipinski definition) is 5. The molecule has 2 aromatic carbocycles. The van der Waals surface area contributed by atoms with Crippen LogP contribution >= 0.6 is 23.1 Å². The topological polar surface area (TPSA) is 61.5 Å². The van der Waals surface area contributed by atoms with E-state index in [-0.39, 0.29) is 5.75 Å². The number of nitrogens with zero attached hydrogens (tertiary/aromatic N) is 2. The Labute approximate surface area is 220 Å². The number of allylic oxidation sites excluding steroid dienone is 6. The second-order valence-corrected chi connectivity index (χ2v) is 12.5. The summed E-state index contributed by atoms with van der Waals surface area (Å²) in [4.78, 5) is 3.67. The van der Waals surface area contributed by atoms with Crippen LogP contribution in [0.2, 0.25) is 0 Å². The van der Waals surface area contributed by atoms with E-state index in [1.54, 1.807) is 11.3 Å². The third-order valence-electron chi connectivity index (χ3n) is 6.33. The minimum atomic E-state index is -3.96. The van der Waals surface area contributed by atoms with E-state index in [1.165, 1.54) is 26.8 Å². The van der Waals surface area contributed by atoms with Gasteiger partial charge in [0.05, 0.1) is 16.5 Å². The molecule has 2 heterocycles. The quantitative estimate of drug-likeness (QED) is 0.259. The highest BCUT2D eigenvalue weighted by Gasteiger charge is 2.23. The lowest BCUT2D eigenvalue weighted by Crippen LogP contribution is -2.35. The van der Waals surface area contributed by atoms with Crippen LogP contribution < -0.4 is 9.47 Å². The monoisotopic (exact) mass is 537 g/mol. The van der Waals surface area contributed by atoms with Crippen LogP contribution in [0.25, 0.3) is 16.3 Å². The van der Waals surface area contributed by atoms with Crippen LogP contribution in [0.3, 0.4) is 0 Å². The van der Waals surface area contributed by atoms with Gasteiger partial charge in [0, 0.05) is 30.0 Å². The lowest BCUT2D eigenvalue weighted by molar-refractivity contribution is -0.668.